The number of amides is 2. The molecule has 3 aromatic heterocycles. The van der Waals surface area contributed by atoms with Crippen LogP contribution in [-0.2, 0) is 14.4 Å². The SMILES string of the molecule is CC#CC(=O)N1CCC[C@H]1c1nc(-c2ccc(C(=O)Nc3ccccn3)cc2)c2c(N)nccn12.O=C(O)CC(O)C(=O)O.S. The molecule has 1 fully saturated rings. The third kappa shape index (κ3) is 8.13. The number of imidazole rings is 1. The second kappa shape index (κ2) is 15.3. The van der Waals surface area contributed by atoms with E-state index in [1.807, 2.05) is 16.5 Å². The molecule has 234 valence electrons. The van der Waals surface area contributed by atoms with Crippen LogP contribution in [0.3, 0.4) is 0 Å². The number of likely N-dealkylation sites (tertiary alicyclic amines) is 1. The average Bonchev–Trinajstić information content (AvgIpc) is 3.64. The van der Waals surface area contributed by atoms with Crippen molar-refractivity contribution in [2.24, 2.45) is 0 Å². The Morgan fingerprint density at radius 2 is 1.82 bits per heavy atom. The molecule has 4 aromatic rings. The fourth-order valence-electron chi connectivity index (χ4n) is 4.64. The first kappa shape index (κ1) is 34.0. The summed E-state index contributed by atoms with van der Waals surface area (Å²) in [5.41, 5.74) is 8.84. The van der Waals surface area contributed by atoms with Crippen LogP contribution in [0, 0.1) is 11.8 Å². The number of pyridine rings is 1. The van der Waals surface area contributed by atoms with Crippen LogP contribution in [-0.4, -0.2) is 76.0 Å². The number of aliphatic hydroxyl groups is 1. The van der Waals surface area contributed by atoms with Gasteiger partial charge in [0.25, 0.3) is 11.8 Å². The Hall–Kier alpha value is -5.46. The second-order valence-electron chi connectivity index (χ2n) is 9.58. The van der Waals surface area contributed by atoms with Gasteiger partial charge in [0.05, 0.1) is 12.5 Å². The maximum atomic E-state index is 12.6. The molecule has 45 heavy (non-hydrogen) atoms. The summed E-state index contributed by atoms with van der Waals surface area (Å²) in [6, 6.07) is 12.2. The molecule has 0 saturated carbocycles. The number of aromatic nitrogens is 4. The summed E-state index contributed by atoms with van der Waals surface area (Å²) in [5, 5.41) is 26.9. The summed E-state index contributed by atoms with van der Waals surface area (Å²) in [6.45, 7) is 2.28. The number of carbonyl (C=O) groups excluding carboxylic acids is 2. The largest absolute Gasteiger partial charge is 0.481 e. The summed E-state index contributed by atoms with van der Waals surface area (Å²) < 4.78 is 1.90. The van der Waals surface area contributed by atoms with Gasteiger partial charge in [0.2, 0.25) is 0 Å². The van der Waals surface area contributed by atoms with E-state index in [0.717, 1.165) is 18.4 Å². The number of aliphatic hydroxyl groups excluding tert-OH is 1. The zero-order valence-electron chi connectivity index (χ0n) is 24.0. The lowest BCUT2D eigenvalue weighted by molar-refractivity contribution is -0.152. The van der Waals surface area contributed by atoms with Crippen LogP contribution in [0.25, 0.3) is 16.8 Å². The van der Waals surface area contributed by atoms with E-state index in [9.17, 15) is 19.2 Å². The van der Waals surface area contributed by atoms with Gasteiger partial charge in [0.15, 0.2) is 6.10 Å². The lowest BCUT2D eigenvalue weighted by Gasteiger charge is -2.21. The molecule has 0 aliphatic carbocycles. The van der Waals surface area contributed by atoms with Crippen molar-refractivity contribution in [2.45, 2.75) is 38.3 Å². The Balaban J connectivity index is 0.000000484. The zero-order chi connectivity index (χ0) is 31.8. The van der Waals surface area contributed by atoms with Crippen LogP contribution >= 0.6 is 13.5 Å². The first-order valence-electron chi connectivity index (χ1n) is 13.4. The lowest BCUT2D eigenvalue weighted by Crippen LogP contribution is -2.30. The number of hydrogen-bond acceptors (Lipinski definition) is 9. The van der Waals surface area contributed by atoms with E-state index in [2.05, 4.69) is 27.1 Å². The fraction of sp³-hybridized carbons (Fsp3) is 0.233. The molecule has 1 saturated heterocycles. The number of nitrogens with two attached hydrogens (primary N) is 1. The third-order valence-corrected chi connectivity index (χ3v) is 6.63. The van der Waals surface area contributed by atoms with Gasteiger partial charge < -0.3 is 31.3 Å². The molecule has 4 heterocycles. The van der Waals surface area contributed by atoms with Crippen LogP contribution in [0.15, 0.2) is 61.1 Å². The van der Waals surface area contributed by atoms with Crippen LogP contribution in [0.1, 0.15) is 48.4 Å². The molecule has 2 atom stereocenters. The number of carboxylic acid groups (broad SMARTS) is 2. The predicted octanol–water partition coefficient (Wildman–Crippen LogP) is 2.33. The molecule has 1 aliphatic heterocycles. The Morgan fingerprint density at radius 1 is 1.09 bits per heavy atom. The fourth-order valence-corrected chi connectivity index (χ4v) is 4.64. The first-order valence-corrected chi connectivity index (χ1v) is 13.4. The maximum Gasteiger partial charge on any atom is 0.333 e. The molecule has 0 spiro atoms. The molecule has 15 heteroatoms. The number of anilines is 2. The lowest BCUT2D eigenvalue weighted by atomic mass is 10.1. The summed E-state index contributed by atoms with van der Waals surface area (Å²) in [4.78, 5) is 59.7. The molecule has 14 nitrogen and oxygen atoms in total. The van der Waals surface area contributed by atoms with Crippen LogP contribution in [0.5, 0.6) is 0 Å². The van der Waals surface area contributed by atoms with Gasteiger partial charge in [0.1, 0.15) is 28.7 Å². The number of carbonyl (C=O) groups is 4. The minimum atomic E-state index is -1.79. The number of nitrogen functional groups attached to an aromatic ring is 1. The van der Waals surface area contributed by atoms with Gasteiger partial charge in [-0.2, -0.15) is 13.5 Å². The Bertz CT molecular complexity index is 1750. The van der Waals surface area contributed by atoms with Crippen molar-refractivity contribution in [3.8, 4) is 23.1 Å². The van der Waals surface area contributed by atoms with E-state index < -0.39 is 24.5 Å². The smallest absolute Gasteiger partial charge is 0.333 e. The van der Waals surface area contributed by atoms with Crippen molar-refractivity contribution in [1.82, 2.24) is 24.3 Å². The van der Waals surface area contributed by atoms with Crippen molar-refractivity contribution in [1.29, 1.82) is 0 Å². The molecular weight excluding hydrogens is 602 g/mol. The van der Waals surface area contributed by atoms with Crippen molar-refractivity contribution >= 4 is 54.4 Å². The summed E-state index contributed by atoms with van der Waals surface area (Å²) in [5.74, 6) is 3.54. The zero-order valence-corrected chi connectivity index (χ0v) is 25.0. The van der Waals surface area contributed by atoms with Crippen LogP contribution < -0.4 is 11.1 Å². The van der Waals surface area contributed by atoms with Gasteiger partial charge in [-0.05, 0) is 50.0 Å². The van der Waals surface area contributed by atoms with Gasteiger partial charge in [-0.25, -0.2) is 19.7 Å². The number of fused-ring (bicyclic) bond motifs is 1. The first-order chi connectivity index (χ1) is 21.1. The number of carboxylic acids is 2. The van der Waals surface area contributed by atoms with Gasteiger partial charge >= 0.3 is 11.9 Å². The average molecular weight is 634 g/mol. The molecule has 1 unspecified atom stereocenters. The number of aliphatic carboxylic acids is 2. The van der Waals surface area contributed by atoms with E-state index in [4.69, 9.17) is 26.0 Å². The Labute approximate surface area is 264 Å². The molecule has 1 aromatic carbocycles. The molecular formula is C30H31N7O7S. The van der Waals surface area contributed by atoms with Gasteiger partial charge in [-0.1, -0.05) is 24.1 Å². The standard InChI is InChI=1S/C26H23N7O2.C4H6O5.H2S/c1-2-6-21(34)32-15-5-7-19(32)25-31-22(23-24(27)29-14-16-33(23)25)17-9-11-18(12-10-17)26(35)30-20-8-3-4-13-28-20;5-2(4(8)9)1-3(6)7;/h3-4,8-14,16,19H,5,7,15H2,1H3,(H2,27,29)(H,28,30,35);2,5H,1H2,(H,6,7)(H,8,9);1H2/t19-;;/m0../s1. The van der Waals surface area contributed by atoms with E-state index >= 15 is 0 Å². The minimum Gasteiger partial charge on any atom is -0.481 e. The van der Waals surface area contributed by atoms with Gasteiger partial charge in [-0.3, -0.25) is 18.8 Å². The van der Waals surface area contributed by atoms with Gasteiger partial charge in [0, 0.05) is 36.3 Å². The third-order valence-electron chi connectivity index (χ3n) is 6.63. The number of hydrogen-bond donors (Lipinski definition) is 5. The van der Waals surface area contributed by atoms with E-state index in [-0.39, 0.29) is 31.4 Å². The van der Waals surface area contributed by atoms with Crippen molar-refractivity contribution < 1.29 is 34.5 Å². The highest BCUT2D eigenvalue weighted by molar-refractivity contribution is 7.59. The van der Waals surface area contributed by atoms with Crippen molar-refractivity contribution in [2.75, 3.05) is 17.6 Å². The molecule has 2 amide bonds. The predicted molar refractivity (Wildman–Crippen MR) is 168 cm³/mol. The Morgan fingerprint density at radius 3 is 2.42 bits per heavy atom. The summed E-state index contributed by atoms with van der Waals surface area (Å²) in [6.07, 6.45) is 4.15. The van der Waals surface area contributed by atoms with Crippen LogP contribution in [0.4, 0.5) is 11.6 Å². The highest BCUT2D eigenvalue weighted by Gasteiger charge is 2.33. The second-order valence-corrected chi connectivity index (χ2v) is 9.58. The van der Waals surface area contributed by atoms with Gasteiger partial charge in [-0.15, -0.1) is 0 Å². The monoisotopic (exact) mass is 633 g/mol. The number of nitrogens with zero attached hydrogens (tertiary/aromatic N) is 5. The van der Waals surface area contributed by atoms with Crippen molar-refractivity contribution in [3.63, 3.8) is 0 Å². The van der Waals surface area contributed by atoms with E-state index in [1.54, 1.807) is 60.7 Å². The summed E-state index contributed by atoms with van der Waals surface area (Å²) in [7, 11) is 0. The minimum absolute atomic E-state index is 0. The quantitative estimate of drug-likeness (QED) is 0.186. The van der Waals surface area contributed by atoms with Crippen LogP contribution in [0.2, 0.25) is 0 Å². The number of nitrogens with one attached hydrogen (secondary N) is 1. The number of rotatable bonds is 7. The molecule has 1 aliphatic rings. The molecule has 0 radical (unpaired) electrons. The Kier molecular flexibility index (Phi) is 11.6. The normalized spacial score (nSPS) is 14.2. The summed E-state index contributed by atoms with van der Waals surface area (Å²) >= 11 is 0. The topological polar surface area (TPSA) is 213 Å². The van der Waals surface area contributed by atoms with E-state index in [0.29, 0.717) is 40.8 Å². The van der Waals surface area contributed by atoms with E-state index in [1.165, 1.54) is 0 Å². The molecule has 6 N–H and O–H groups in total. The highest BCUT2D eigenvalue weighted by Crippen LogP contribution is 2.36. The highest BCUT2D eigenvalue weighted by atomic mass is 32.1. The van der Waals surface area contributed by atoms with Crippen molar-refractivity contribution in [3.05, 3.63) is 72.4 Å². The maximum absolute atomic E-state index is 12.6. The molecule has 0 bridgehead atoms. The molecule has 5 rings (SSSR count). The number of benzene rings is 1.